The molecule has 2 heterocycles. The van der Waals surface area contributed by atoms with Crippen LogP contribution in [0.1, 0.15) is 61.7 Å². The minimum absolute atomic E-state index is 0.253. The van der Waals surface area contributed by atoms with Gasteiger partial charge in [-0.2, -0.15) is 0 Å². The van der Waals surface area contributed by atoms with Crippen molar-refractivity contribution in [2.45, 2.75) is 52.1 Å². The second-order valence-electron chi connectivity index (χ2n) is 6.90. The van der Waals surface area contributed by atoms with Crippen molar-refractivity contribution in [2.24, 2.45) is 0 Å². The summed E-state index contributed by atoms with van der Waals surface area (Å²) < 4.78 is 10.4. The van der Waals surface area contributed by atoms with E-state index in [1.165, 1.54) is 11.3 Å². The summed E-state index contributed by atoms with van der Waals surface area (Å²) in [5, 5.41) is 1.94. The van der Waals surface area contributed by atoms with Crippen LogP contribution in [0.2, 0.25) is 0 Å². The Balaban J connectivity index is 1.98. The molecule has 0 aliphatic carbocycles. The largest absolute Gasteiger partial charge is 0.462 e. The van der Waals surface area contributed by atoms with Gasteiger partial charge >= 0.3 is 12.1 Å². The Hall–Kier alpha value is -1.76. The molecule has 6 nitrogen and oxygen atoms in total. The zero-order valence-electron chi connectivity index (χ0n) is 14.8. The zero-order valence-corrected chi connectivity index (χ0v) is 15.6. The molecule has 1 aliphatic heterocycles. The van der Waals surface area contributed by atoms with Crippen molar-refractivity contribution in [3.8, 4) is 0 Å². The normalized spacial score (nSPS) is 16.1. The number of amides is 1. The summed E-state index contributed by atoms with van der Waals surface area (Å²) in [6.45, 7) is 8.95. The molecular formula is C17H26N2O4S. The molecule has 1 amide bonds. The van der Waals surface area contributed by atoms with Gasteiger partial charge in [0.2, 0.25) is 0 Å². The van der Waals surface area contributed by atoms with Crippen LogP contribution in [0.15, 0.2) is 5.38 Å². The quantitative estimate of drug-likeness (QED) is 0.838. The van der Waals surface area contributed by atoms with Crippen LogP contribution >= 0.6 is 11.3 Å². The van der Waals surface area contributed by atoms with Crippen molar-refractivity contribution in [3.05, 3.63) is 15.8 Å². The first-order chi connectivity index (χ1) is 11.2. The fraction of sp³-hybridized carbons (Fsp3) is 0.647. The molecule has 7 heteroatoms. The fourth-order valence-electron chi connectivity index (χ4n) is 2.75. The SMILES string of the molecule is CCOC(=O)c1scc(C2CCN(C(=O)OC(C)(C)C)CC2)c1N. The molecule has 24 heavy (non-hydrogen) atoms. The summed E-state index contributed by atoms with van der Waals surface area (Å²) in [7, 11) is 0. The lowest BCUT2D eigenvalue weighted by molar-refractivity contribution is 0.0205. The number of nitrogens with zero attached hydrogens (tertiary/aromatic N) is 1. The number of anilines is 1. The van der Waals surface area contributed by atoms with Crippen molar-refractivity contribution in [3.63, 3.8) is 0 Å². The number of esters is 1. The number of piperidine rings is 1. The van der Waals surface area contributed by atoms with Gasteiger partial charge in [-0.05, 0) is 57.4 Å². The van der Waals surface area contributed by atoms with Gasteiger partial charge in [-0.3, -0.25) is 0 Å². The van der Waals surface area contributed by atoms with E-state index in [1.807, 2.05) is 26.2 Å². The van der Waals surface area contributed by atoms with Gasteiger partial charge in [0.05, 0.1) is 12.3 Å². The minimum Gasteiger partial charge on any atom is -0.462 e. The van der Waals surface area contributed by atoms with Crippen LogP contribution < -0.4 is 5.73 Å². The van der Waals surface area contributed by atoms with E-state index in [0.29, 0.717) is 30.3 Å². The van der Waals surface area contributed by atoms with Crippen molar-refractivity contribution in [2.75, 3.05) is 25.4 Å². The summed E-state index contributed by atoms with van der Waals surface area (Å²) >= 11 is 1.33. The van der Waals surface area contributed by atoms with Crippen LogP contribution in [0.4, 0.5) is 10.5 Å². The van der Waals surface area contributed by atoms with E-state index in [4.69, 9.17) is 15.2 Å². The number of ether oxygens (including phenoxy) is 2. The first-order valence-electron chi connectivity index (χ1n) is 8.24. The van der Waals surface area contributed by atoms with Crippen LogP contribution in [-0.2, 0) is 9.47 Å². The van der Waals surface area contributed by atoms with Crippen molar-refractivity contribution < 1.29 is 19.1 Å². The molecule has 0 bridgehead atoms. The molecule has 1 saturated heterocycles. The lowest BCUT2D eigenvalue weighted by Crippen LogP contribution is -2.41. The molecule has 0 saturated carbocycles. The van der Waals surface area contributed by atoms with E-state index in [0.717, 1.165) is 18.4 Å². The monoisotopic (exact) mass is 354 g/mol. The maximum Gasteiger partial charge on any atom is 0.410 e. The topological polar surface area (TPSA) is 81.9 Å². The molecule has 1 aliphatic rings. The highest BCUT2D eigenvalue weighted by molar-refractivity contribution is 7.12. The average Bonchev–Trinajstić information content (AvgIpc) is 2.87. The second kappa shape index (κ2) is 7.42. The maximum absolute atomic E-state index is 12.1. The van der Waals surface area contributed by atoms with Crippen molar-refractivity contribution in [1.29, 1.82) is 0 Å². The predicted octanol–water partition coefficient (Wildman–Crippen LogP) is 3.62. The minimum atomic E-state index is -0.486. The molecular weight excluding hydrogens is 328 g/mol. The maximum atomic E-state index is 12.1. The summed E-state index contributed by atoms with van der Waals surface area (Å²) in [5.74, 6) is -0.111. The van der Waals surface area contributed by atoms with Crippen LogP contribution in [-0.4, -0.2) is 42.3 Å². The van der Waals surface area contributed by atoms with Gasteiger partial charge < -0.3 is 20.1 Å². The Bertz CT molecular complexity index is 598. The van der Waals surface area contributed by atoms with Gasteiger partial charge in [0, 0.05) is 13.1 Å². The second-order valence-corrected chi connectivity index (χ2v) is 7.78. The number of hydrogen-bond donors (Lipinski definition) is 1. The van der Waals surface area contributed by atoms with Gasteiger partial charge in [0.1, 0.15) is 10.5 Å². The van der Waals surface area contributed by atoms with Gasteiger partial charge in [0.25, 0.3) is 0 Å². The first-order valence-corrected chi connectivity index (χ1v) is 9.12. The van der Waals surface area contributed by atoms with Gasteiger partial charge in [-0.1, -0.05) is 0 Å². The summed E-state index contributed by atoms with van der Waals surface area (Å²) in [6.07, 6.45) is 1.34. The summed E-state index contributed by atoms with van der Waals surface area (Å²) in [4.78, 5) is 26.2. The van der Waals surface area contributed by atoms with E-state index < -0.39 is 5.60 Å². The van der Waals surface area contributed by atoms with Crippen molar-refractivity contribution in [1.82, 2.24) is 4.90 Å². The van der Waals surface area contributed by atoms with E-state index in [-0.39, 0.29) is 18.0 Å². The molecule has 2 rings (SSSR count). The van der Waals surface area contributed by atoms with Crippen molar-refractivity contribution >= 4 is 29.1 Å². The molecule has 0 atom stereocenters. The molecule has 1 fully saturated rings. The lowest BCUT2D eigenvalue weighted by atomic mass is 9.90. The van der Waals surface area contributed by atoms with Crippen LogP contribution in [0.5, 0.6) is 0 Å². The first kappa shape index (κ1) is 18.6. The fourth-order valence-corrected chi connectivity index (χ4v) is 3.72. The van der Waals surface area contributed by atoms with Crippen LogP contribution in [0, 0.1) is 0 Å². The third-order valence-electron chi connectivity index (χ3n) is 3.91. The number of thiophene rings is 1. The average molecular weight is 354 g/mol. The Kier molecular flexibility index (Phi) is 5.74. The Morgan fingerprint density at radius 3 is 2.50 bits per heavy atom. The number of rotatable bonds is 3. The lowest BCUT2D eigenvalue weighted by Gasteiger charge is -2.33. The molecule has 1 aromatic heterocycles. The highest BCUT2D eigenvalue weighted by Crippen LogP contribution is 2.37. The van der Waals surface area contributed by atoms with Crippen LogP contribution in [0.3, 0.4) is 0 Å². The summed E-state index contributed by atoms with van der Waals surface area (Å²) in [6, 6.07) is 0. The van der Waals surface area contributed by atoms with Gasteiger partial charge in [-0.15, -0.1) is 11.3 Å². The number of carbonyl (C=O) groups excluding carboxylic acids is 2. The number of hydrogen-bond acceptors (Lipinski definition) is 6. The Labute approximate surface area is 146 Å². The third-order valence-corrected chi connectivity index (χ3v) is 4.90. The van der Waals surface area contributed by atoms with Crippen LogP contribution in [0.25, 0.3) is 0 Å². The molecule has 0 unspecified atom stereocenters. The summed E-state index contributed by atoms with van der Waals surface area (Å²) in [5.41, 5.74) is 7.18. The van der Waals surface area contributed by atoms with Gasteiger partial charge in [0.15, 0.2) is 0 Å². The molecule has 134 valence electrons. The highest BCUT2D eigenvalue weighted by Gasteiger charge is 2.30. The zero-order chi connectivity index (χ0) is 17.9. The van der Waals surface area contributed by atoms with E-state index >= 15 is 0 Å². The van der Waals surface area contributed by atoms with Gasteiger partial charge in [-0.25, -0.2) is 9.59 Å². The predicted molar refractivity (Wildman–Crippen MR) is 94.5 cm³/mol. The van der Waals surface area contributed by atoms with E-state index in [1.54, 1.807) is 11.8 Å². The molecule has 0 aromatic carbocycles. The number of carbonyl (C=O) groups is 2. The Morgan fingerprint density at radius 2 is 1.96 bits per heavy atom. The molecule has 0 radical (unpaired) electrons. The van der Waals surface area contributed by atoms with E-state index in [2.05, 4.69) is 0 Å². The number of likely N-dealkylation sites (tertiary alicyclic amines) is 1. The standard InChI is InChI=1S/C17H26N2O4S/c1-5-22-15(20)14-13(18)12(10-24-14)11-6-8-19(9-7-11)16(21)23-17(2,3)4/h10-11H,5-9,18H2,1-4H3. The van der Waals surface area contributed by atoms with E-state index in [9.17, 15) is 9.59 Å². The molecule has 1 aromatic rings. The Morgan fingerprint density at radius 1 is 1.33 bits per heavy atom. The smallest absolute Gasteiger partial charge is 0.410 e. The molecule has 2 N–H and O–H groups in total. The molecule has 0 spiro atoms. The number of nitrogen functional groups attached to an aromatic ring is 1. The number of nitrogens with two attached hydrogens (primary N) is 1. The highest BCUT2D eigenvalue weighted by atomic mass is 32.1. The third kappa shape index (κ3) is 4.41.